The highest BCUT2D eigenvalue weighted by Crippen LogP contribution is 2.24. The lowest BCUT2D eigenvalue weighted by atomic mass is 9.90. The first kappa shape index (κ1) is 10.0. The van der Waals surface area contributed by atoms with Gasteiger partial charge in [0.1, 0.15) is 0 Å². The normalized spacial score (nSPS) is 15.3. The zero-order valence-corrected chi connectivity index (χ0v) is 8.13. The van der Waals surface area contributed by atoms with Crippen LogP contribution < -0.4 is 5.73 Å². The fraction of sp³-hybridized carbons (Fsp3) is 0.455. The van der Waals surface area contributed by atoms with Gasteiger partial charge in [0.2, 0.25) is 0 Å². The Bertz CT molecular complexity index is 255. The molecule has 2 N–H and O–H groups in total. The summed E-state index contributed by atoms with van der Waals surface area (Å²) in [7, 11) is 0. The maximum absolute atomic E-state index is 12.4. The van der Waals surface area contributed by atoms with Gasteiger partial charge in [-0.1, -0.05) is 26.0 Å². The quantitative estimate of drug-likeness (QED) is 0.713. The van der Waals surface area contributed by atoms with Gasteiger partial charge in [-0.2, -0.15) is 0 Å². The number of hydrogen-bond donors (Lipinski definition) is 1. The van der Waals surface area contributed by atoms with Crippen LogP contribution in [0.1, 0.15) is 25.3 Å². The van der Waals surface area contributed by atoms with E-state index in [9.17, 15) is 4.39 Å². The van der Waals surface area contributed by atoms with Crippen molar-refractivity contribution in [3.8, 4) is 0 Å². The summed E-state index contributed by atoms with van der Waals surface area (Å²) in [5.74, 6) is 0.328. The smallest absolute Gasteiger partial charge is 0.0925 e. The molecule has 0 bridgehead atoms. The largest absolute Gasteiger partial charge is 0.399 e. The Morgan fingerprint density at radius 3 is 2.23 bits per heavy atom. The van der Waals surface area contributed by atoms with Crippen LogP contribution in [-0.4, -0.2) is 6.67 Å². The molecule has 0 spiro atoms. The highest BCUT2D eigenvalue weighted by atomic mass is 19.1. The summed E-state index contributed by atoms with van der Waals surface area (Å²) in [6.45, 7) is 3.68. The van der Waals surface area contributed by atoms with Crippen molar-refractivity contribution in [2.75, 3.05) is 12.4 Å². The molecular weight excluding hydrogens is 165 g/mol. The second-order valence-electron chi connectivity index (χ2n) is 3.59. The van der Waals surface area contributed by atoms with E-state index in [4.69, 9.17) is 5.73 Å². The Kier molecular flexibility index (Phi) is 3.29. The van der Waals surface area contributed by atoms with E-state index in [2.05, 4.69) is 0 Å². The summed E-state index contributed by atoms with van der Waals surface area (Å²) in [5, 5.41) is 0. The summed E-state index contributed by atoms with van der Waals surface area (Å²) >= 11 is 0. The first-order valence-electron chi connectivity index (χ1n) is 4.56. The third kappa shape index (κ3) is 2.44. The number of halogens is 1. The predicted molar refractivity (Wildman–Crippen MR) is 54.4 cm³/mol. The second kappa shape index (κ2) is 4.26. The Hall–Kier alpha value is -1.05. The molecule has 0 radical (unpaired) electrons. The molecule has 0 aliphatic carbocycles. The van der Waals surface area contributed by atoms with E-state index in [0.717, 1.165) is 11.3 Å². The van der Waals surface area contributed by atoms with E-state index in [0.29, 0.717) is 0 Å². The summed E-state index contributed by atoms with van der Waals surface area (Å²) in [5.41, 5.74) is 7.47. The van der Waals surface area contributed by atoms with E-state index in [1.807, 2.05) is 38.1 Å². The minimum Gasteiger partial charge on any atom is -0.399 e. The van der Waals surface area contributed by atoms with Gasteiger partial charge in [-0.3, -0.25) is 4.39 Å². The van der Waals surface area contributed by atoms with Crippen LogP contribution in [0.15, 0.2) is 24.3 Å². The molecule has 0 saturated carbocycles. The molecule has 1 aromatic carbocycles. The molecule has 0 unspecified atom stereocenters. The van der Waals surface area contributed by atoms with Crippen LogP contribution in [0.25, 0.3) is 0 Å². The minimum atomic E-state index is -0.272. The van der Waals surface area contributed by atoms with Crippen LogP contribution in [0.4, 0.5) is 10.1 Å². The zero-order chi connectivity index (χ0) is 9.84. The van der Waals surface area contributed by atoms with Gasteiger partial charge in [0.15, 0.2) is 0 Å². The van der Waals surface area contributed by atoms with Gasteiger partial charge in [0, 0.05) is 5.69 Å². The van der Waals surface area contributed by atoms with Crippen molar-refractivity contribution in [2.24, 2.45) is 5.92 Å². The third-order valence-corrected chi connectivity index (χ3v) is 2.56. The average molecular weight is 181 g/mol. The molecule has 72 valence electrons. The molecule has 0 aliphatic rings. The van der Waals surface area contributed by atoms with Crippen molar-refractivity contribution in [1.82, 2.24) is 0 Å². The number of anilines is 1. The van der Waals surface area contributed by atoms with Gasteiger partial charge in [-0.25, -0.2) is 0 Å². The number of rotatable bonds is 3. The molecular formula is C11H16FN. The maximum Gasteiger partial charge on any atom is 0.0925 e. The zero-order valence-electron chi connectivity index (χ0n) is 8.13. The number of hydrogen-bond acceptors (Lipinski definition) is 1. The Labute approximate surface area is 78.8 Å². The molecule has 2 heteroatoms. The Morgan fingerprint density at radius 1 is 1.23 bits per heavy atom. The Balaban J connectivity index is 2.77. The molecule has 0 aliphatic heterocycles. The number of nitrogen functional groups attached to an aromatic ring is 1. The highest BCUT2D eigenvalue weighted by molar-refractivity contribution is 5.40. The molecule has 1 nitrogen and oxygen atoms in total. The van der Waals surface area contributed by atoms with Crippen molar-refractivity contribution >= 4 is 5.69 Å². The first-order valence-corrected chi connectivity index (χ1v) is 4.56. The van der Waals surface area contributed by atoms with Crippen LogP contribution in [0.2, 0.25) is 0 Å². The van der Waals surface area contributed by atoms with Crippen LogP contribution in [-0.2, 0) is 0 Å². The van der Waals surface area contributed by atoms with Gasteiger partial charge < -0.3 is 5.73 Å². The van der Waals surface area contributed by atoms with Gasteiger partial charge in [-0.15, -0.1) is 0 Å². The van der Waals surface area contributed by atoms with E-state index in [1.54, 1.807) is 0 Å². The second-order valence-corrected chi connectivity index (χ2v) is 3.59. The molecule has 0 fully saturated rings. The van der Waals surface area contributed by atoms with Crippen molar-refractivity contribution < 1.29 is 4.39 Å². The summed E-state index contributed by atoms with van der Waals surface area (Å²) in [4.78, 5) is 0. The predicted octanol–water partition coefficient (Wildman–Crippen LogP) is 2.98. The van der Waals surface area contributed by atoms with Crippen LogP contribution in [0.5, 0.6) is 0 Å². The molecule has 0 aromatic heterocycles. The molecule has 1 aromatic rings. The van der Waals surface area contributed by atoms with Gasteiger partial charge in [-0.05, 0) is 29.5 Å². The lowest BCUT2D eigenvalue weighted by Crippen LogP contribution is -2.07. The highest BCUT2D eigenvalue weighted by Gasteiger charge is 2.13. The Morgan fingerprint density at radius 2 is 1.77 bits per heavy atom. The van der Waals surface area contributed by atoms with Gasteiger partial charge in [0.25, 0.3) is 0 Å². The van der Waals surface area contributed by atoms with Crippen molar-refractivity contribution in [1.29, 1.82) is 0 Å². The summed E-state index contributed by atoms with van der Waals surface area (Å²) < 4.78 is 12.4. The summed E-state index contributed by atoms with van der Waals surface area (Å²) in [6.07, 6.45) is 0. The van der Waals surface area contributed by atoms with E-state index < -0.39 is 0 Å². The van der Waals surface area contributed by atoms with Gasteiger partial charge >= 0.3 is 0 Å². The number of nitrogens with two attached hydrogens (primary N) is 1. The standard InChI is InChI=1S/C11H16FN/c1-8(7-12)9(2)10-3-5-11(13)6-4-10/h3-6,8-9H,7,13H2,1-2H3/t8-,9+/m1/s1. The first-order chi connectivity index (χ1) is 6.15. The monoisotopic (exact) mass is 181 g/mol. The topological polar surface area (TPSA) is 26.0 Å². The van der Waals surface area contributed by atoms with E-state index in [1.165, 1.54) is 0 Å². The van der Waals surface area contributed by atoms with Crippen LogP contribution >= 0.6 is 0 Å². The maximum atomic E-state index is 12.4. The fourth-order valence-electron chi connectivity index (χ4n) is 1.26. The molecule has 0 heterocycles. The van der Waals surface area contributed by atoms with Crippen LogP contribution in [0.3, 0.4) is 0 Å². The minimum absolute atomic E-state index is 0.0728. The number of benzene rings is 1. The number of alkyl halides is 1. The molecule has 0 amide bonds. The van der Waals surface area contributed by atoms with Crippen molar-refractivity contribution in [3.05, 3.63) is 29.8 Å². The molecule has 1 rings (SSSR count). The SMILES string of the molecule is C[C@H](CF)[C@H](C)c1ccc(N)cc1. The lowest BCUT2D eigenvalue weighted by molar-refractivity contribution is 0.346. The summed E-state index contributed by atoms with van der Waals surface area (Å²) in [6, 6.07) is 7.64. The molecule has 0 saturated heterocycles. The van der Waals surface area contributed by atoms with Crippen LogP contribution in [0, 0.1) is 5.92 Å². The fourth-order valence-corrected chi connectivity index (χ4v) is 1.26. The van der Waals surface area contributed by atoms with E-state index in [-0.39, 0.29) is 18.5 Å². The van der Waals surface area contributed by atoms with Crippen molar-refractivity contribution in [2.45, 2.75) is 19.8 Å². The van der Waals surface area contributed by atoms with Gasteiger partial charge in [0.05, 0.1) is 6.67 Å². The molecule has 2 atom stereocenters. The lowest BCUT2D eigenvalue weighted by Gasteiger charge is -2.17. The third-order valence-electron chi connectivity index (χ3n) is 2.56. The van der Waals surface area contributed by atoms with Crippen molar-refractivity contribution in [3.63, 3.8) is 0 Å². The van der Waals surface area contributed by atoms with E-state index >= 15 is 0 Å². The molecule has 13 heavy (non-hydrogen) atoms. The average Bonchev–Trinajstić information content (AvgIpc) is 2.17.